The summed E-state index contributed by atoms with van der Waals surface area (Å²) < 4.78 is 5.97. The van der Waals surface area contributed by atoms with E-state index in [2.05, 4.69) is 9.84 Å². The van der Waals surface area contributed by atoms with Crippen molar-refractivity contribution >= 4 is 5.97 Å². The third-order valence-corrected chi connectivity index (χ3v) is 2.76. The zero-order valence-corrected chi connectivity index (χ0v) is 10.3. The van der Waals surface area contributed by atoms with E-state index in [0.29, 0.717) is 5.56 Å². The number of para-hydroxylation sites is 1. The van der Waals surface area contributed by atoms with E-state index in [1.165, 1.54) is 18.0 Å². The first kappa shape index (κ1) is 12.2. The fourth-order valence-electron chi connectivity index (χ4n) is 1.75. The number of esters is 1. The summed E-state index contributed by atoms with van der Waals surface area (Å²) in [7, 11) is 1.30. The molecular weight excluding hydrogens is 232 g/mol. The minimum absolute atomic E-state index is 0.0231. The highest BCUT2D eigenvalue weighted by molar-refractivity contribution is 5.72. The predicted molar refractivity (Wildman–Crippen MR) is 66.8 cm³/mol. The monoisotopic (exact) mass is 246 g/mol. The Morgan fingerprint density at radius 2 is 2.11 bits per heavy atom. The van der Waals surface area contributed by atoms with Crippen molar-refractivity contribution in [1.82, 2.24) is 9.78 Å². The highest BCUT2D eigenvalue weighted by Gasteiger charge is 2.12. The number of benzene rings is 1. The molecule has 0 radical (unpaired) electrons. The summed E-state index contributed by atoms with van der Waals surface area (Å²) in [6.07, 6.45) is 1.51. The molecule has 18 heavy (non-hydrogen) atoms. The summed E-state index contributed by atoms with van der Waals surface area (Å²) in [5.74, 6) is -0.428. The maximum atomic E-state index is 12.1. The van der Waals surface area contributed by atoms with Gasteiger partial charge in [0.1, 0.15) is 0 Å². The van der Waals surface area contributed by atoms with Crippen molar-refractivity contribution in [1.29, 1.82) is 0 Å². The second kappa shape index (κ2) is 4.91. The van der Waals surface area contributed by atoms with Crippen molar-refractivity contribution in [2.24, 2.45) is 0 Å². The maximum absolute atomic E-state index is 12.1. The van der Waals surface area contributed by atoms with Crippen LogP contribution in [0.1, 0.15) is 11.1 Å². The molecule has 0 saturated heterocycles. The first-order chi connectivity index (χ1) is 8.63. The number of hydrogen-bond donors (Lipinski definition) is 1. The molecular formula is C13H14N2O3. The first-order valence-corrected chi connectivity index (χ1v) is 5.55. The van der Waals surface area contributed by atoms with E-state index < -0.39 is 5.97 Å². The topological polar surface area (TPSA) is 64.1 Å². The molecule has 2 aromatic rings. The Balaban J connectivity index is 2.41. The zero-order chi connectivity index (χ0) is 13.1. The number of carbonyl (C=O) groups is 1. The maximum Gasteiger partial charge on any atom is 0.310 e. The highest BCUT2D eigenvalue weighted by Crippen LogP contribution is 2.10. The van der Waals surface area contributed by atoms with Crippen LogP contribution in [-0.4, -0.2) is 22.9 Å². The third-order valence-electron chi connectivity index (χ3n) is 2.76. The van der Waals surface area contributed by atoms with Crippen LogP contribution in [0.2, 0.25) is 0 Å². The number of rotatable bonds is 3. The van der Waals surface area contributed by atoms with Crippen LogP contribution >= 0.6 is 0 Å². The molecule has 94 valence electrons. The quantitative estimate of drug-likeness (QED) is 0.827. The van der Waals surface area contributed by atoms with Gasteiger partial charge in [-0.25, -0.2) is 4.68 Å². The number of nitrogens with zero attached hydrogens (tertiary/aromatic N) is 1. The Morgan fingerprint density at radius 3 is 2.78 bits per heavy atom. The number of ether oxygens (including phenoxy) is 1. The number of carbonyl (C=O) groups excluding carboxylic acids is 1. The number of methoxy groups -OCH3 is 1. The molecule has 0 amide bonds. The molecule has 0 fully saturated rings. The number of aromatic nitrogens is 2. The molecule has 1 aromatic heterocycles. The summed E-state index contributed by atoms with van der Waals surface area (Å²) in [5, 5.41) is 2.86. The second-order valence-corrected chi connectivity index (χ2v) is 3.98. The van der Waals surface area contributed by atoms with Crippen LogP contribution in [0.25, 0.3) is 5.69 Å². The number of H-pyrrole nitrogens is 1. The Morgan fingerprint density at radius 1 is 1.39 bits per heavy atom. The van der Waals surface area contributed by atoms with Gasteiger partial charge in [0.25, 0.3) is 5.56 Å². The largest absolute Gasteiger partial charge is 0.469 e. The number of nitrogens with one attached hydrogen (secondary N) is 1. The number of aryl methyl sites for hydroxylation is 1. The summed E-state index contributed by atoms with van der Waals surface area (Å²) in [6.45, 7) is 1.92. The lowest BCUT2D eigenvalue weighted by molar-refractivity contribution is -0.139. The van der Waals surface area contributed by atoms with Gasteiger partial charge in [-0.2, -0.15) is 0 Å². The van der Waals surface area contributed by atoms with Gasteiger partial charge in [0, 0.05) is 11.8 Å². The van der Waals surface area contributed by atoms with Crippen molar-refractivity contribution in [3.8, 4) is 5.69 Å². The fourth-order valence-corrected chi connectivity index (χ4v) is 1.75. The molecule has 0 saturated carbocycles. The van der Waals surface area contributed by atoms with Crippen LogP contribution in [0, 0.1) is 6.92 Å². The minimum atomic E-state index is -0.428. The smallest absolute Gasteiger partial charge is 0.310 e. The van der Waals surface area contributed by atoms with Gasteiger partial charge in [0.15, 0.2) is 0 Å². The van der Waals surface area contributed by atoms with Crippen molar-refractivity contribution in [2.45, 2.75) is 13.3 Å². The van der Waals surface area contributed by atoms with E-state index in [1.807, 2.05) is 31.2 Å². The van der Waals surface area contributed by atoms with Crippen molar-refractivity contribution in [3.63, 3.8) is 0 Å². The summed E-state index contributed by atoms with van der Waals surface area (Å²) in [4.78, 5) is 23.3. The number of aromatic amines is 1. The van der Waals surface area contributed by atoms with E-state index in [0.717, 1.165) is 11.3 Å². The molecule has 5 nitrogen and oxygen atoms in total. The van der Waals surface area contributed by atoms with Crippen LogP contribution in [0.15, 0.2) is 35.3 Å². The van der Waals surface area contributed by atoms with Gasteiger partial charge in [0.05, 0.1) is 19.2 Å². The molecule has 1 aromatic carbocycles. The molecule has 0 bridgehead atoms. The molecule has 1 N–H and O–H groups in total. The molecule has 0 unspecified atom stereocenters. The summed E-state index contributed by atoms with van der Waals surface area (Å²) in [6, 6.07) is 7.52. The Labute approximate surface area is 104 Å². The zero-order valence-electron chi connectivity index (χ0n) is 10.3. The molecule has 0 aliphatic carbocycles. The molecule has 5 heteroatoms. The van der Waals surface area contributed by atoms with E-state index >= 15 is 0 Å². The van der Waals surface area contributed by atoms with Gasteiger partial charge in [-0.05, 0) is 18.6 Å². The lowest BCUT2D eigenvalue weighted by atomic mass is 10.2. The van der Waals surface area contributed by atoms with Crippen molar-refractivity contribution in [3.05, 3.63) is 51.9 Å². The Bertz CT molecular complexity index is 625. The lowest BCUT2D eigenvalue weighted by Gasteiger charge is -2.04. The normalized spacial score (nSPS) is 10.3. The van der Waals surface area contributed by atoms with Crippen LogP contribution in [0.3, 0.4) is 0 Å². The van der Waals surface area contributed by atoms with Gasteiger partial charge in [-0.1, -0.05) is 18.2 Å². The molecule has 0 aliphatic rings. The van der Waals surface area contributed by atoms with E-state index in [1.54, 1.807) is 0 Å². The van der Waals surface area contributed by atoms with E-state index in [9.17, 15) is 9.59 Å². The van der Waals surface area contributed by atoms with Crippen LogP contribution < -0.4 is 5.56 Å². The molecule has 0 spiro atoms. The lowest BCUT2D eigenvalue weighted by Crippen LogP contribution is -2.20. The molecule has 1 heterocycles. The molecule has 0 aliphatic heterocycles. The summed E-state index contributed by atoms with van der Waals surface area (Å²) >= 11 is 0. The van der Waals surface area contributed by atoms with Crippen molar-refractivity contribution < 1.29 is 9.53 Å². The van der Waals surface area contributed by atoms with E-state index in [-0.39, 0.29) is 12.0 Å². The Hall–Kier alpha value is -2.30. The van der Waals surface area contributed by atoms with Gasteiger partial charge in [0.2, 0.25) is 0 Å². The molecule has 0 atom stereocenters. The average molecular weight is 246 g/mol. The standard InChI is InChI=1S/C13H14N2O3/c1-9-5-3-4-6-11(9)15-13(17)10(8-14-15)7-12(16)18-2/h3-6,8,14H,7H2,1-2H3. The first-order valence-electron chi connectivity index (χ1n) is 5.55. The van der Waals surface area contributed by atoms with Crippen LogP contribution in [-0.2, 0) is 16.0 Å². The third kappa shape index (κ3) is 2.20. The molecule has 2 rings (SSSR count). The number of hydrogen-bond acceptors (Lipinski definition) is 3. The van der Waals surface area contributed by atoms with Gasteiger partial charge in [-0.15, -0.1) is 0 Å². The van der Waals surface area contributed by atoms with Crippen LogP contribution in [0.5, 0.6) is 0 Å². The van der Waals surface area contributed by atoms with Crippen molar-refractivity contribution in [2.75, 3.05) is 7.11 Å². The average Bonchev–Trinajstić information content (AvgIpc) is 2.72. The summed E-state index contributed by atoms with van der Waals surface area (Å²) in [5.41, 5.74) is 1.92. The highest BCUT2D eigenvalue weighted by atomic mass is 16.5. The minimum Gasteiger partial charge on any atom is -0.469 e. The van der Waals surface area contributed by atoms with Crippen LogP contribution in [0.4, 0.5) is 0 Å². The van der Waals surface area contributed by atoms with E-state index in [4.69, 9.17) is 0 Å². The van der Waals surface area contributed by atoms with Gasteiger partial charge >= 0.3 is 5.97 Å². The predicted octanol–water partition coefficient (Wildman–Crippen LogP) is 1.19. The Kier molecular flexibility index (Phi) is 3.32. The SMILES string of the molecule is COC(=O)Cc1c[nH]n(-c2ccccc2C)c1=O. The fraction of sp³-hybridized carbons (Fsp3) is 0.231. The second-order valence-electron chi connectivity index (χ2n) is 3.98. The van der Waals surface area contributed by atoms with Gasteiger partial charge < -0.3 is 4.74 Å². The van der Waals surface area contributed by atoms with Gasteiger partial charge in [-0.3, -0.25) is 14.7 Å².